The SMILES string of the molecule is Cc1ccc(C(=O)Nc2cc(F)cc(CN3CCN(C(=O)C(C)C4CCC4)[C@@H](C)C3)c2C)cn1. The summed E-state index contributed by atoms with van der Waals surface area (Å²) in [4.78, 5) is 34.1. The third-order valence-electron chi connectivity index (χ3n) is 7.54. The Morgan fingerprint density at radius 1 is 1.21 bits per heavy atom. The maximum Gasteiger partial charge on any atom is 0.257 e. The maximum atomic E-state index is 14.5. The van der Waals surface area contributed by atoms with Gasteiger partial charge in [0.05, 0.1) is 5.56 Å². The molecule has 2 amide bonds. The van der Waals surface area contributed by atoms with Gasteiger partial charge in [-0.05, 0) is 74.9 Å². The van der Waals surface area contributed by atoms with Crippen LogP contribution < -0.4 is 5.32 Å². The van der Waals surface area contributed by atoms with Crippen molar-refractivity contribution in [1.29, 1.82) is 0 Å². The molecule has 1 aliphatic carbocycles. The van der Waals surface area contributed by atoms with Crippen molar-refractivity contribution >= 4 is 17.5 Å². The largest absolute Gasteiger partial charge is 0.337 e. The Morgan fingerprint density at radius 3 is 2.59 bits per heavy atom. The number of carbonyl (C=O) groups is 2. The molecule has 1 aliphatic heterocycles. The van der Waals surface area contributed by atoms with E-state index in [0.29, 0.717) is 30.3 Å². The van der Waals surface area contributed by atoms with E-state index in [1.165, 1.54) is 31.5 Å². The first-order valence-electron chi connectivity index (χ1n) is 12.3. The predicted molar refractivity (Wildman–Crippen MR) is 131 cm³/mol. The highest BCUT2D eigenvalue weighted by molar-refractivity contribution is 6.04. The fraction of sp³-hybridized carbons (Fsp3) is 0.519. The van der Waals surface area contributed by atoms with E-state index in [0.717, 1.165) is 29.9 Å². The van der Waals surface area contributed by atoms with Gasteiger partial charge < -0.3 is 10.2 Å². The number of piperazine rings is 1. The second-order valence-electron chi connectivity index (χ2n) is 9.98. The van der Waals surface area contributed by atoms with E-state index >= 15 is 0 Å². The summed E-state index contributed by atoms with van der Waals surface area (Å²) in [5.41, 5.74) is 3.42. The van der Waals surface area contributed by atoms with Gasteiger partial charge in [-0.25, -0.2) is 4.39 Å². The molecule has 4 rings (SSSR count). The normalized spacial score (nSPS) is 20.0. The molecule has 1 saturated carbocycles. The smallest absolute Gasteiger partial charge is 0.257 e. The molecule has 2 fully saturated rings. The molecular weight excluding hydrogens is 431 g/mol. The number of aryl methyl sites for hydroxylation is 1. The summed E-state index contributed by atoms with van der Waals surface area (Å²) in [5.74, 6) is 0.220. The minimum absolute atomic E-state index is 0.100. The van der Waals surface area contributed by atoms with Crippen LogP contribution in [0.3, 0.4) is 0 Å². The summed E-state index contributed by atoms with van der Waals surface area (Å²) in [5, 5.41) is 2.84. The van der Waals surface area contributed by atoms with Crippen LogP contribution in [0, 0.1) is 31.5 Å². The van der Waals surface area contributed by atoms with Gasteiger partial charge in [-0.2, -0.15) is 0 Å². The first-order valence-corrected chi connectivity index (χ1v) is 12.3. The van der Waals surface area contributed by atoms with Crippen molar-refractivity contribution in [2.24, 2.45) is 11.8 Å². The Bertz CT molecular complexity index is 1050. The maximum absolute atomic E-state index is 14.5. The molecule has 182 valence electrons. The highest BCUT2D eigenvalue weighted by atomic mass is 19.1. The minimum Gasteiger partial charge on any atom is -0.337 e. The molecule has 1 N–H and O–H groups in total. The van der Waals surface area contributed by atoms with Crippen LogP contribution in [-0.4, -0.2) is 52.3 Å². The molecular formula is C27H35FN4O2. The van der Waals surface area contributed by atoms with Crippen LogP contribution in [0.25, 0.3) is 0 Å². The summed E-state index contributed by atoms with van der Waals surface area (Å²) in [6.07, 6.45) is 5.09. The summed E-state index contributed by atoms with van der Waals surface area (Å²) >= 11 is 0. The molecule has 2 aliphatic rings. The molecule has 1 aromatic carbocycles. The van der Waals surface area contributed by atoms with E-state index in [-0.39, 0.29) is 29.6 Å². The zero-order valence-corrected chi connectivity index (χ0v) is 20.6. The summed E-state index contributed by atoms with van der Waals surface area (Å²) in [7, 11) is 0. The fourth-order valence-electron chi connectivity index (χ4n) is 4.97. The number of nitrogens with one attached hydrogen (secondary N) is 1. The highest BCUT2D eigenvalue weighted by Gasteiger charge is 2.35. The predicted octanol–water partition coefficient (Wildman–Crippen LogP) is 4.56. The molecule has 0 spiro atoms. The lowest BCUT2D eigenvalue weighted by Gasteiger charge is -2.43. The van der Waals surface area contributed by atoms with Crippen LogP contribution in [-0.2, 0) is 11.3 Å². The summed E-state index contributed by atoms with van der Waals surface area (Å²) in [6.45, 7) is 10.7. The third-order valence-corrected chi connectivity index (χ3v) is 7.54. The third kappa shape index (κ3) is 5.30. The minimum atomic E-state index is -0.380. The van der Waals surface area contributed by atoms with E-state index < -0.39 is 0 Å². The standard InChI is InChI=1S/C27H35FN4O2/c1-17-8-9-22(14-29-17)26(33)30-25-13-24(28)12-23(19(25)3)16-31-10-11-32(18(2)15-31)27(34)20(4)21-6-5-7-21/h8-9,12-14,18,20-21H,5-7,10-11,15-16H2,1-4H3,(H,30,33)/t18-,20?/m0/s1. The van der Waals surface area contributed by atoms with Gasteiger partial charge in [0.1, 0.15) is 5.82 Å². The molecule has 7 heteroatoms. The molecule has 1 saturated heterocycles. The number of carbonyl (C=O) groups excluding carboxylic acids is 2. The molecule has 34 heavy (non-hydrogen) atoms. The number of halogens is 1. The van der Waals surface area contributed by atoms with Crippen LogP contribution in [0.2, 0.25) is 0 Å². The van der Waals surface area contributed by atoms with Gasteiger partial charge in [0.2, 0.25) is 5.91 Å². The topological polar surface area (TPSA) is 65.5 Å². The number of rotatable bonds is 6. The average molecular weight is 467 g/mol. The van der Waals surface area contributed by atoms with E-state index in [4.69, 9.17) is 0 Å². The molecule has 0 radical (unpaired) electrons. The zero-order valence-electron chi connectivity index (χ0n) is 20.6. The monoisotopic (exact) mass is 466 g/mol. The van der Waals surface area contributed by atoms with Crippen molar-refractivity contribution in [3.05, 3.63) is 58.7 Å². The van der Waals surface area contributed by atoms with Gasteiger partial charge in [0.25, 0.3) is 5.91 Å². The number of hydrogen-bond donors (Lipinski definition) is 1. The Balaban J connectivity index is 1.41. The number of aromatic nitrogens is 1. The first kappa shape index (κ1) is 24.3. The Hall–Kier alpha value is -2.80. The summed E-state index contributed by atoms with van der Waals surface area (Å²) in [6, 6.07) is 6.50. The second kappa shape index (κ2) is 10.2. The Labute approximate surface area is 201 Å². The van der Waals surface area contributed by atoms with Crippen LogP contribution in [0.1, 0.15) is 60.3 Å². The van der Waals surface area contributed by atoms with E-state index in [1.54, 1.807) is 18.2 Å². The van der Waals surface area contributed by atoms with Crippen molar-refractivity contribution in [3.8, 4) is 0 Å². The number of hydrogen-bond acceptors (Lipinski definition) is 4. The quantitative estimate of drug-likeness (QED) is 0.678. The fourth-order valence-corrected chi connectivity index (χ4v) is 4.97. The number of anilines is 1. The van der Waals surface area contributed by atoms with E-state index in [9.17, 15) is 14.0 Å². The van der Waals surface area contributed by atoms with E-state index in [2.05, 4.69) is 29.0 Å². The molecule has 2 heterocycles. The Morgan fingerprint density at radius 2 is 1.97 bits per heavy atom. The number of amides is 2. The second-order valence-corrected chi connectivity index (χ2v) is 9.98. The lowest BCUT2D eigenvalue weighted by Crippen LogP contribution is -2.55. The van der Waals surface area contributed by atoms with Crippen molar-refractivity contribution < 1.29 is 14.0 Å². The van der Waals surface area contributed by atoms with Crippen molar-refractivity contribution in [2.75, 3.05) is 25.0 Å². The summed E-state index contributed by atoms with van der Waals surface area (Å²) < 4.78 is 14.5. The van der Waals surface area contributed by atoms with Crippen molar-refractivity contribution in [1.82, 2.24) is 14.8 Å². The van der Waals surface area contributed by atoms with Crippen molar-refractivity contribution in [2.45, 2.75) is 59.5 Å². The van der Waals surface area contributed by atoms with Crippen molar-refractivity contribution in [3.63, 3.8) is 0 Å². The Kier molecular flexibility index (Phi) is 7.31. The van der Waals surface area contributed by atoms with Gasteiger partial charge in [0.15, 0.2) is 0 Å². The highest BCUT2D eigenvalue weighted by Crippen LogP contribution is 2.35. The van der Waals surface area contributed by atoms with Crippen LogP contribution in [0.5, 0.6) is 0 Å². The first-order chi connectivity index (χ1) is 16.2. The lowest BCUT2D eigenvalue weighted by molar-refractivity contribution is -0.142. The zero-order chi connectivity index (χ0) is 24.4. The molecule has 1 aromatic heterocycles. The number of pyridine rings is 1. The van der Waals surface area contributed by atoms with Crippen LogP contribution in [0.4, 0.5) is 10.1 Å². The lowest BCUT2D eigenvalue weighted by atomic mass is 9.76. The van der Waals surface area contributed by atoms with Crippen LogP contribution in [0.15, 0.2) is 30.5 Å². The molecule has 0 bridgehead atoms. The van der Waals surface area contributed by atoms with Gasteiger partial charge >= 0.3 is 0 Å². The molecule has 1 unspecified atom stereocenters. The van der Waals surface area contributed by atoms with Crippen LogP contribution >= 0.6 is 0 Å². The number of benzene rings is 1. The molecule has 6 nitrogen and oxygen atoms in total. The van der Waals surface area contributed by atoms with Gasteiger partial charge in [-0.3, -0.25) is 19.5 Å². The average Bonchev–Trinajstić information content (AvgIpc) is 2.75. The van der Waals surface area contributed by atoms with Gasteiger partial charge in [-0.1, -0.05) is 13.3 Å². The van der Waals surface area contributed by atoms with E-state index in [1.807, 2.05) is 18.7 Å². The van der Waals surface area contributed by atoms with Gasteiger partial charge in [-0.15, -0.1) is 0 Å². The molecule has 2 aromatic rings. The number of nitrogens with zero attached hydrogens (tertiary/aromatic N) is 3. The molecule has 2 atom stereocenters. The van der Waals surface area contributed by atoms with Gasteiger partial charge in [0, 0.05) is 55.7 Å².